The summed E-state index contributed by atoms with van der Waals surface area (Å²) in [5.74, 6) is 0.756. The number of halogens is 1. The molecule has 0 saturated heterocycles. The van der Waals surface area contributed by atoms with Crippen molar-refractivity contribution in [2.24, 2.45) is 0 Å². The van der Waals surface area contributed by atoms with Gasteiger partial charge in [0.25, 0.3) is 0 Å². The van der Waals surface area contributed by atoms with E-state index in [0.717, 1.165) is 5.75 Å². The second-order valence-corrected chi connectivity index (χ2v) is 2.14. The van der Waals surface area contributed by atoms with Crippen LogP contribution in [0.15, 0.2) is 18.3 Å². The van der Waals surface area contributed by atoms with Crippen molar-refractivity contribution in [3.05, 3.63) is 23.5 Å². The Morgan fingerprint density at radius 1 is 1.60 bits per heavy atom. The highest BCUT2D eigenvalue weighted by Crippen LogP contribution is 2.11. The molecule has 0 unspecified atom stereocenters. The Morgan fingerprint density at radius 2 is 2.40 bits per heavy atom. The standard InChI is InChI=1S/C7H8ClNO/c1-2-10-6-3-4-7(8)9-5-6/h3-5H,2H2,1H3. The number of hydrogen-bond acceptors (Lipinski definition) is 2. The average Bonchev–Trinajstić information content (AvgIpc) is 1.95. The van der Waals surface area contributed by atoms with E-state index in [0.29, 0.717) is 11.8 Å². The largest absolute Gasteiger partial charge is 0.492 e. The highest BCUT2D eigenvalue weighted by atomic mass is 35.5. The molecule has 1 heterocycles. The summed E-state index contributed by atoms with van der Waals surface area (Å²) in [5, 5.41) is 0.489. The van der Waals surface area contributed by atoms with Gasteiger partial charge in [-0.3, -0.25) is 0 Å². The molecular formula is C7H8ClNO. The lowest BCUT2D eigenvalue weighted by molar-refractivity contribution is 0.339. The maximum Gasteiger partial charge on any atom is 0.137 e. The van der Waals surface area contributed by atoms with Gasteiger partial charge < -0.3 is 4.74 Å². The fourth-order valence-corrected chi connectivity index (χ4v) is 0.726. The summed E-state index contributed by atoms with van der Waals surface area (Å²) in [6.07, 6.45) is 1.60. The van der Waals surface area contributed by atoms with E-state index >= 15 is 0 Å². The molecule has 0 atom stereocenters. The molecule has 2 nitrogen and oxygen atoms in total. The van der Waals surface area contributed by atoms with E-state index in [1.807, 2.05) is 6.92 Å². The Balaban J connectivity index is 2.69. The van der Waals surface area contributed by atoms with Crippen LogP contribution in [-0.4, -0.2) is 11.6 Å². The minimum Gasteiger partial charge on any atom is -0.492 e. The number of pyridine rings is 1. The van der Waals surface area contributed by atoms with E-state index in [9.17, 15) is 0 Å². The van der Waals surface area contributed by atoms with E-state index in [4.69, 9.17) is 16.3 Å². The lowest BCUT2D eigenvalue weighted by Gasteiger charge is -1.99. The summed E-state index contributed by atoms with van der Waals surface area (Å²) in [4.78, 5) is 3.84. The minimum atomic E-state index is 0.489. The van der Waals surface area contributed by atoms with Crippen LogP contribution in [0.5, 0.6) is 5.75 Å². The van der Waals surface area contributed by atoms with Crippen molar-refractivity contribution in [1.82, 2.24) is 4.98 Å². The van der Waals surface area contributed by atoms with Gasteiger partial charge in [0.2, 0.25) is 0 Å². The second kappa shape index (κ2) is 3.42. The molecule has 0 bridgehead atoms. The molecule has 0 fully saturated rings. The molecule has 54 valence electrons. The van der Waals surface area contributed by atoms with Crippen LogP contribution in [0.25, 0.3) is 0 Å². The first-order chi connectivity index (χ1) is 4.83. The third-order valence-electron chi connectivity index (χ3n) is 1.01. The zero-order chi connectivity index (χ0) is 7.40. The summed E-state index contributed by atoms with van der Waals surface area (Å²) >= 11 is 5.55. The maximum absolute atomic E-state index is 5.55. The van der Waals surface area contributed by atoms with Gasteiger partial charge in [-0.2, -0.15) is 0 Å². The molecule has 0 amide bonds. The normalized spacial score (nSPS) is 9.40. The molecule has 0 saturated carbocycles. The van der Waals surface area contributed by atoms with Crippen LogP contribution >= 0.6 is 11.6 Å². The first kappa shape index (κ1) is 7.35. The van der Waals surface area contributed by atoms with Gasteiger partial charge in [-0.25, -0.2) is 4.98 Å². The van der Waals surface area contributed by atoms with Crippen LogP contribution in [-0.2, 0) is 0 Å². The quantitative estimate of drug-likeness (QED) is 0.614. The topological polar surface area (TPSA) is 22.1 Å². The third kappa shape index (κ3) is 1.88. The number of nitrogens with zero attached hydrogens (tertiary/aromatic N) is 1. The maximum atomic E-state index is 5.55. The summed E-state index contributed by atoms with van der Waals surface area (Å²) in [5.41, 5.74) is 0. The number of rotatable bonds is 2. The van der Waals surface area contributed by atoms with E-state index < -0.39 is 0 Å². The molecule has 0 N–H and O–H groups in total. The van der Waals surface area contributed by atoms with Crippen LogP contribution in [0.1, 0.15) is 6.92 Å². The van der Waals surface area contributed by atoms with Crippen molar-refractivity contribution in [2.45, 2.75) is 6.92 Å². The van der Waals surface area contributed by atoms with Gasteiger partial charge in [0.15, 0.2) is 0 Å². The first-order valence-electron chi connectivity index (χ1n) is 3.07. The third-order valence-corrected chi connectivity index (χ3v) is 1.23. The van der Waals surface area contributed by atoms with Crippen LogP contribution in [0.4, 0.5) is 0 Å². The van der Waals surface area contributed by atoms with Crippen LogP contribution in [0, 0.1) is 0 Å². The van der Waals surface area contributed by atoms with Crippen LogP contribution in [0.3, 0.4) is 0 Å². The van der Waals surface area contributed by atoms with Crippen molar-refractivity contribution in [2.75, 3.05) is 6.61 Å². The van der Waals surface area contributed by atoms with Crippen molar-refractivity contribution in [3.8, 4) is 5.75 Å². The highest BCUT2D eigenvalue weighted by Gasteiger charge is 1.90. The van der Waals surface area contributed by atoms with Crippen LogP contribution < -0.4 is 4.74 Å². The van der Waals surface area contributed by atoms with Gasteiger partial charge in [-0.05, 0) is 19.1 Å². The molecular weight excluding hydrogens is 150 g/mol. The van der Waals surface area contributed by atoms with Crippen molar-refractivity contribution in [3.63, 3.8) is 0 Å². The molecule has 1 aromatic rings. The molecule has 0 spiro atoms. The van der Waals surface area contributed by atoms with Gasteiger partial charge in [-0.1, -0.05) is 11.6 Å². The summed E-state index contributed by atoms with van der Waals surface area (Å²) in [6, 6.07) is 3.49. The summed E-state index contributed by atoms with van der Waals surface area (Å²) in [7, 11) is 0. The number of aromatic nitrogens is 1. The molecule has 0 aliphatic carbocycles. The SMILES string of the molecule is CCOc1ccc(Cl)nc1. The second-order valence-electron chi connectivity index (χ2n) is 1.75. The highest BCUT2D eigenvalue weighted by molar-refractivity contribution is 6.29. The predicted octanol–water partition coefficient (Wildman–Crippen LogP) is 2.13. The minimum absolute atomic E-state index is 0.489. The fourth-order valence-electron chi connectivity index (χ4n) is 0.614. The Kier molecular flexibility index (Phi) is 2.51. The Hall–Kier alpha value is -0.760. The zero-order valence-electron chi connectivity index (χ0n) is 5.67. The molecule has 10 heavy (non-hydrogen) atoms. The summed E-state index contributed by atoms with van der Waals surface area (Å²) in [6.45, 7) is 2.58. The molecule has 0 aliphatic rings. The summed E-state index contributed by atoms with van der Waals surface area (Å²) < 4.78 is 5.14. The predicted molar refractivity (Wildman–Crippen MR) is 40.4 cm³/mol. The molecule has 3 heteroatoms. The van der Waals surface area contributed by atoms with Gasteiger partial charge in [0, 0.05) is 0 Å². The molecule has 0 aromatic carbocycles. The lowest BCUT2D eigenvalue weighted by atomic mass is 10.5. The fraction of sp³-hybridized carbons (Fsp3) is 0.286. The van der Waals surface area contributed by atoms with Crippen molar-refractivity contribution < 1.29 is 4.74 Å². The average molecular weight is 158 g/mol. The van der Waals surface area contributed by atoms with Crippen LogP contribution in [0.2, 0.25) is 5.15 Å². The molecule has 0 aliphatic heterocycles. The smallest absolute Gasteiger partial charge is 0.137 e. The van der Waals surface area contributed by atoms with E-state index in [1.54, 1.807) is 18.3 Å². The monoisotopic (exact) mass is 157 g/mol. The van der Waals surface area contributed by atoms with E-state index in [1.165, 1.54) is 0 Å². The molecule has 1 aromatic heterocycles. The Morgan fingerprint density at radius 3 is 2.90 bits per heavy atom. The van der Waals surface area contributed by atoms with Crippen molar-refractivity contribution in [1.29, 1.82) is 0 Å². The van der Waals surface area contributed by atoms with Crippen molar-refractivity contribution >= 4 is 11.6 Å². The van der Waals surface area contributed by atoms with Gasteiger partial charge >= 0.3 is 0 Å². The Bertz CT molecular complexity index is 197. The van der Waals surface area contributed by atoms with E-state index in [-0.39, 0.29) is 0 Å². The number of hydrogen-bond donors (Lipinski definition) is 0. The molecule has 0 radical (unpaired) electrons. The Labute approximate surface area is 64.8 Å². The number of ether oxygens (including phenoxy) is 1. The van der Waals surface area contributed by atoms with Gasteiger partial charge in [0.1, 0.15) is 10.9 Å². The van der Waals surface area contributed by atoms with Gasteiger partial charge in [0.05, 0.1) is 12.8 Å². The van der Waals surface area contributed by atoms with E-state index in [2.05, 4.69) is 4.98 Å². The van der Waals surface area contributed by atoms with Gasteiger partial charge in [-0.15, -0.1) is 0 Å². The molecule has 1 rings (SSSR count). The zero-order valence-corrected chi connectivity index (χ0v) is 6.43. The lowest BCUT2D eigenvalue weighted by Crippen LogP contribution is -1.90. The first-order valence-corrected chi connectivity index (χ1v) is 3.45.